The highest BCUT2D eigenvalue weighted by atomic mass is 16.5. The SMILES string of the molecule is c1ccc(OCCNC2CCCc3ccccc32)cc1. The largest absolute Gasteiger partial charge is 0.492 e. The molecule has 0 bridgehead atoms. The summed E-state index contributed by atoms with van der Waals surface area (Å²) in [5.74, 6) is 0.943. The average molecular weight is 267 g/mol. The van der Waals surface area contributed by atoms with Crippen LogP contribution in [0.3, 0.4) is 0 Å². The maximum Gasteiger partial charge on any atom is 0.119 e. The van der Waals surface area contributed by atoms with Crippen LogP contribution in [0.15, 0.2) is 54.6 Å². The summed E-state index contributed by atoms with van der Waals surface area (Å²) in [4.78, 5) is 0. The van der Waals surface area contributed by atoms with Gasteiger partial charge in [-0.25, -0.2) is 0 Å². The Labute approximate surface area is 120 Å². The molecule has 1 aliphatic carbocycles. The van der Waals surface area contributed by atoms with E-state index in [9.17, 15) is 0 Å². The van der Waals surface area contributed by atoms with Crippen LogP contribution in [0.5, 0.6) is 5.75 Å². The lowest BCUT2D eigenvalue weighted by Crippen LogP contribution is -2.28. The van der Waals surface area contributed by atoms with Gasteiger partial charge in [-0.2, -0.15) is 0 Å². The molecule has 2 aromatic rings. The predicted molar refractivity (Wildman–Crippen MR) is 82.1 cm³/mol. The number of hydrogen-bond acceptors (Lipinski definition) is 2. The van der Waals surface area contributed by atoms with Gasteiger partial charge in [0.1, 0.15) is 12.4 Å². The Morgan fingerprint density at radius 1 is 1.00 bits per heavy atom. The summed E-state index contributed by atoms with van der Waals surface area (Å²) in [6.07, 6.45) is 3.71. The van der Waals surface area contributed by atoms with Gasteiger partial charge in [-0.1, -0.05) is 42.5 Å². The molecule has 0 aliphatic heterocycles. The third-order valence-corrected chi connectivity index (χ3v) is 3.87. The molecule has 1 N–H and O–H groups in total. The summed E-state index contributed by atoms with van der Waals surface area (Å²) >= 11 is 0. The zero-order valence-corrected chi connectivity index (χ0v) is 11.7. The van der Waals surface area contributed by atoms with Crippen molar-refractivity contribution in [1.82, 2.24) is 5.32 Å². The Morgan fingerprint density at radius 3 is 2.70 bits per heavy atom. The highest BCUT2D eigenvalue weighted by Gasteiger charge is 2.18. The first-order chi connectivity index (χ1) is 9.93. The van der Waals surface area contributed by atoms with Gasteiger partial charge in [-0.05, 0) is 42.5 Å². The van der Waals surface area contributed by atoms with Crippen molar-refractivity contribution in [3.63, 3.8) is 0 Å². The van der Waals surface area contributed by atoms with E-state index in [1.807, 2.05) is 30.3 Å². The molecule has 0 fully saturated rings. The maximum absolute atomic E-state index is 5.72. The number of para-hydroxylation sites is 1. The fourth-order valence-electron chi connectivity index (χ4n) is 2.88. The monoisotopic (exact) mass is 267 g/mol. The molecular formula is C18H21NO. The van der Waals surface area contributed by atoms with E-state index in [0.29, 0.717) is 12.6 Å². The van der Waals surface area contributed by atoms with Crippen LogP contribution in [0.2, 0.25) is 0 Å². The molecule has 1 atom stereocenters. The smallest absolute Gasteiger partial charge is 0.119 e. The molecule has 0 radical (unpaired) electrons. The van der Waals surface area contributed by atoms with Gasteiger partial charge >= 0.3 is 0 Å². The predicted octanol–water partition coefficient (Wildman–Crippen LogP) is 3.73. The first kappa shape index (κ1) is 13.2. The van der Waals surface area contributed by atoms with E-state index in [4.69, 9.17) is 4.74 Å². The Morgan fingerprint density at radius 2 is 1.80 bits per heavy atom. The van der Waals surface area contributed by atoms with Crippen LogP contribution in [0, 0.1) is 0 Å². The minimum absolute atomic E-state index is 0.485. The minimum atomic E-state index is 0.485. The van der Waals surface area contributed by atoms with Crippen molar-refractivity contribution in [2.75, 3.05) is 13.2 Å². The van der Waals surface area contributed by atoms with Crippen LogP contribution >= 0.6 is 0 Å². The van der Waals surface area contributed by atoms with E-state index in [1.165, 1.54) is 30.4 Å². The van der Waals surface area contributed by atoms with Gasteiger partial charge in [0, 0.05) is 12.6 Å². The number of benzene rings is 2. The Hall–Kier alpha value is -1.80. The standard InChI is InChI=1S/C18H21NO/c1-2-9-16(10-3-1)20-14-13-19-18-12-6-8-15-7-4-5-11-17(15)18/h1-5,7,9-11,18-19H,6,8,12-14H2. The van der Waals surface area contributed by atoms with Crippen LogP contribution in [0.1, 0.15) is 30.0 Å². The molecule has 1 aliphatic rings. The van der Waals surface area contributed by atoms with Crippen molar-refractivity contribution in [2.24, 2.45) is 0 Å². The Kier molecular flexibility index (Phi) is 4.34. The molecule has 0 heterocycles. The third-order valence-electron chi connectivity index (χ3n) is 3.87. The summed E-state index contributed by atoms with van der Waals surface area (Å²) < 4.78 is 5.72. The van der Waals surface area contributed by atoms with Crippen molar-refractivity contribution >= 4 is 0 Å². The van der Waals surface area contributed by atoms with Gasteiger partial charge < -0.3 is 10.1 Å². The van der Waals surface area contributed by atoms with Gasteiger partial charge in [0.05, 0.1) is 0 Å². The van der Waals surface area contributed by atoms with E-state index in [2.05, 4.69) is 29.6 Å². The highest BCUT2D eigenvalue weighted by Crippen LogP contribution is 2.29. The normalized spacial score (nSPS) is 17.5. The Balaban J connectivity index is 1.50. The number of rotatable bonds is 5. The molecule has 0 spiro atoms. The lowest BCUT2D eigenvalue weighted by Gasteiger charge is -2.26. The van der Waals surface area contributed by atoms with Crippen LogP contribution in [0.25, 0.3) is 0 Å². The molecule has 2 aromatic carbocycles. The number of nitrogens with one attached hydrogen (secondary N) is 1. The van der Waals surface area contributed by atoms with Crippen molar-refractivity contribution < 1.29 is 4.74 Å². The molecule has 1 unspecified atom stereocenters. The fourth-order valence-corrected chi connectivity index (χ4v) is 2.88. The van der Waals surface area contributed by atoms with Crippen molar-refractivity contribution in [1.29, 1.82) is 0 Å². The van der Waals surface area contributed by atoms with Crippen LogP contribution in [0.4, 0.5) is 0 Å². The van der Waals surface area contributed by atoms with Gasteiger partial charge in [-0.15, -0.1) is 0 Å². The fraction of sp³-hybridized carbons (Fsp3) is 0.333. The summed E-state index contributed by atoms with van der Waals surface area (Å²) in [6.45, 7) is 1.59. The Bertz CT molecular complexity index is 538. The van der Waals surface area contributed by atoms with Gasteiger partial charge in [0.25, 0.3) is 0 Å². The van der Waals surface area contributed by atoms with Crippen molar-refractivity contribution in [3.05, 3.63) is 65.7 Å². The molecular weight excluding hydrogens is 246 g/mol. The van der Waals surface area contributed by atoms with E-state index in [1.54, 1.807) is 0 Å². The first-order valence-corrected chi connectivity index (χ1v) is 7.42. The molecule has 104 valence electrons. The molecule has 2 nitrogen and oxygen atoms in total. The first-order valence-electron chi connectivity index (χ1n) is 7.42. The lowest BCUT2D eigenvalue weighted by molar-refractivity contribution is 0.300. The van der Waals surface area contributed by atoms with Crippen molar-refractivity contribution in [3.8, 4) is 5.75 Å². The van der Waals surface area contributed by atoms with E-state index in [0.717, 1.165) is 12.3 Å². The summed E-state index contributed by atoms with van der Waals surface area (Å²) in [6, 6.07) is 19.3. The number of hydrogen-bond donors (Lipinski definition) is 1. The zero-order chi connectivity index (χ0) is 13.6. The van der Waals surface area contributed by atoms with Gasteiger partial charge in [0.15, 0.2) is 0 Å². The lowest BCUT2D eigenvalue weighted by atomic mass is 9.88. The minimum Gasteiger partial charge on any atom is -0.492 e. The number of ether oxygens (including phenoxy) is 1. The molecule has 0 saturated heterocycles. The van der Waals surface area contributed by atoms with Crippen molar-refractivity contribution in [2.45, 2.75) is 25.3 Å². The third kappa shape index (κ3) is 3.20. The van der Waals surface area contributed by atoms with Crippen LogP contribution < -0.4 is 10.1 Å². The molecule has 0 aromatic heterocycles. The second kappa shape index (κ2) is 6.58. The van der Waals surface area contributed by atoms with E-state index in [-0.39, 0.29) is 0 Å². The average Bonchev–Trinajstić information content (AvgIpc) is 2.53. The maximum atomic E-state index is 5.72. The zero-order valence-electron chi connectivity index (χ0n) is 11.7. The number of aryl methyl sites for hydroxylation is 1. The van der Waals surface area contributed by atoms with E-state index < -0.39 is 0 Å². The van der Waals surface area contributed by atoms with E-state index >= 15 is 0 Å². The molecule has 0 amide bonds. The van der Waals surface area contributed by atoms with Crippen LogP contribution in [-0.2, 0) is 6.42 Å². The van der Waals surface area contributed by atoms with Gasteiger partial charge in [0.2, 0.25) is 0 Å². The second-order valence-electron chi connectivity index (χ2n) is 5.26. The number of fused-ring (bicyclic) bond motifs is 1. The quantitative estimate of drug-likeness (QED) is 0.833. The molecule has 3 rings (SSSR count). The second-order valence-corrected chi connectivity index (χ2v) is 5.26. The molecule has 20 heavy (non-hydrogen) atoms. The summed E-state index contributed by atoms with van der Waals surface area (Å²) in [5.41, 5.74) is 2.97. The molecule has 2 heteroatoms. The topological polar surface area (TPSA) is 21.3 Å². The van der Waals surface area contributed by atoms with Crippen LogP contribution in [-0.4, -0.2) is 13.2 Å². The highest BCUT2D eigenvalue weighted by molar-refractivity contribution is 5.32. The summed E-state index contributed by atoms with van der Waals surface area (Å²) in [7, 11) is 0. The summed E-state index contributed by atoms with van der Waals surface area (Å²) in [5, 5.41) is 3.62. The molecule has 0 saturated carbocycles. The van der Waals surface area contributed by atoms with Gasteiger partial charge in [-0.3, -0.25) is 0 Å².